The number of nitrogens with zero attached hydrogens (tertiary/aromatic N) is 2. The second-order valence-corrected chi connectivity index (χ2v) is 8.39. The van der Waals surface area contributed by atoms with Crippen LogP contribution in [0.5, 0.6) is 0 Å². The molecule has 2 saturated heterocycles. The molecule has 0 N–H and O–H groups in total. The summed E-state index contributed by atoms with van der Waals surface area (Å²) in [5.74, 6) is -1.48. The summed E-state index contributed by atoms with van der Waals surface area (Å²) in [6, 6.07) is 21.3. The predicted octanol–water partition coefficient (Wildman–Crippen LogP) is 5.35. The van der Waals surface area contributed by atoms with Gasteiger partial charge in [0.25, 0.3) is 5.91 Å². The van der Waals surface area contributed by atoms with Gasteiger partial charge in [-0.05, 0) is 48.4 Å². The Morgan fingerprint density at radius 3 is 2.23 bits per heavy atom. The van der Waals surface area contributed by atoms with E-state index in [0.29, 0.717) is 21.3 Å². The van der Waals surface area contributed by atoms with Crippen molar-refractivity contribution in [3.8, 4) is 0 Å². The predicted molar refractivity (Wildman–Crippen MR) is 120 cm³/mol. The highest BCUT2D eigenvalue weighted by Crippen LogP contribution is 2.49. The van der Waals surface area contributed by atoms with Crippen molar-refractivity contribution >= 4 is 46.4 Å². The van der Waals surface area contributed by atoms with Crippen LogP contribution in [-0.4, -0.2) is 17.9 Å². The zero-order valence-corrected chi connectivity index (χ0v) is 18.0. The molecule has 0 radical (unpaired) electrons. The van der Waals surface area contributed by atoms with Crippen LogP contribution >= 0.6 is 23.2 Å². The van der Waals surface area contributed by atoms with Crippen molar-refractivity contribution in [1.82, 2.24) is 0 Å². The fraction of sp³-hybridized carbons (Fsp3) is 0.167. The molecule has 2 aliphatic heterocycles. The number of imide groups is 1. The highest BCUT2D eigenvalue weighted by atomic mass is 35.5. The minimum atomic E-state index is -0.952. The van der Waals surface area contributed by atoms with E-state index in [-0.39, 0.29) is 5.91 Å². The normalized spacial score (nSPS) is 22.9. The van der Waals surface area contributed by atoms with E-state index < -0.39 is 24.0 Å². The lowest BCUT2D eigenvalue weighted by Crippen LogP contribution is -2.37. The zero-order chi connectivity index (χ0) is 21.7. The number of anilines is 2. The molecule has 3 atom stereocenters. The van der Waals surface area contributed by atoms with Crippen molar-refractivity contribution in [2.45, 2.75) is 19.1 Å². The SMILES string of the molecule is Cc1c(Cl)cccc1N1C(=O)[C@H]2[C@@H](c3ccccc3Cl)N(c3ccccc3)O[C@H]2C1=O. The van der Waals surface area contributed by atoms with E-state index >= 15 is 0 Å². The van der Waals surface area contributed by atoms with Gasteiger partial charge in [0, 0.05) is 10.0 Å². The molecule has 3 aromatic rings. The van der Waals surface area contributed by atoms with E-state index in [9.17, 15) is 9.59 Å². The standard InChI is InChI=1S/C24H18Cl2N2O3/c1-14-17(25)12-7-13-19(14)27-23(29)20-21(16-10-5-6-11-18(16)26)28(31-22(20)24(27)30)15-8-3-2-4-9-15/h2-13,20-22H,1H3/t20-,21+,22+/m0/s1. The van der Waals surface area contributed by atoms with Crippen LogP contribution in [0.1, 0.15) is 17.2 Å². The molecule has 2 amide bonds. The van der Waals surface area contributed by atoms with Gasteiger partial charge >= 0.3 is 0 Å². The Bertz CT molecular complexity index is 1180. The van der Waals surface area contributed by atoms with Crippen LogP contribution in [0.4, 0.5) is 11.4 Å². The Labute approximate surface area is 189 Å². The van der Waals surface area contributed by atoms with E-state index in [4.69, 9.17) is 28.0 Å². The van der Waals surface area contributed by atoms with E-state index in [1.807, 2.05) is 48.5 Å². The van der Waals surface area contributed by atoms with Gasteiger partial charge in [-0.2, -0.15) is 0 Å². The lowest BCUT2D eigenvalue weighted by atomic mass is 9.90. The van der Waals surface area contributed by atoms with Crippen molar-refractivity contribution in [3.63, 3.8) is 0 Å². The summed E-state index contributed by atoms with van der Waals surface area (Å²) >= 11 is 12.8. The molecule has 2 heterocycles. The van der Waals surface area contributed by atoms with Crippen molar-refractivity contribution in [3.05, 3.63) is 94.0 Å². The van der Waals surface area contributed by atoms with Crippen LogP contribution in [0.2, 0.25) is 10.0 Å². The van der Waals surface area contributed by atoms with E-state index in [1.54, 1.807) is 36.3 Å². The molecule has 2 aliphatic rings. The summed E-state index contributed by atoms with van der Waals surface area (Å²) in [6.45, 7) is 1.79. The van der Waals surface area contributed by atoms with Crippen molar-refractivity contribution in [2.75, 3.05) is 9.96 Å². The Morgan fingerprint density at radius 2 is 1.48 bits per heavy atom. The smallest absolute Gasteiger partial charge is 0.266 e. The van der Waals surface area contributed by atoms with Gasteiger partial charge < -0.3 is 0 Å². The monoisotopic (exact) mass is 452 g/mol. The average Bonchev–Trinajstić information content (AvgIpc) is 3.28. The number of carbonyl (C=O) groups is 2. The first kappa shape index (κ1) is 20.1. The van der Waals surface area contributed by atoms with Gasteiger partial charge in [0.1, 0.15) is 5.92 Å². The van der Waals surface area contributed by atoms with Crippen LogP contribution in [0.15, 0.2) is 72.8 Å². The third-order valence-electron chi connectivity index (χ3n) is 5.83. The number of hydroxylamine groups is 1. The first-order chi connectivity index (χ1) is 15.0. The molecule has 0 saturated carbocycles. The van der Waals surface area contributed by atoms with Gasteiger partial charge in [0.05, 0.1) is 17.4 Å². The summed E-state index contributed by atoms with van der Waals surface area (Å²) in [4.78, 5) is 34.3. The molecule has 5 rings (SSSR count). The molecule has 0 aliphatic carbocycles. The number of hydrogen-bond acceptors (Lipinski definition) is 4. The van der Waals surface area contributed by atoms with Gasteiger partial charge in [0.15, 0.2) is 6.10 Å². The Hall–Kier alpha value is -2.86. The maximum Gasteiger partial charge on any atom is 0.266 e. The molecular formula is C24H18Cl2N2O3. The fourth-order valence-electron chi connectivity index (χ4n) is 4.32. The Balaban J connectivity index is 1.63. The summed E-state index contributed by atoms with van der Waals surface area (Å²) in [7, 11) is 0. The molecule has 0 unspecified atom stereocenters. The Morgan fingerprint density at radius 1 is 0.806 bits per heavy atom. The maximum absolute atomic E-state index is 13.6. The third-order valence-corrected chi connectivity index (χ3v) is 6.58. The topological polar surface area (TPSA) is 49.9 Å². The molecule has 31 heavy (non-hydrogen) atoms. The molecule has 7 heteroatoms. The molecule has 5 nitrogen and oxygen atoms in total. The van der Waals surface area contributed by atoms with E-state index in [2.05, 4.69) is 0 Å². The first-order valence-electron chi connectivity index (χ1n) is 9.87. The van der Waals surface area contributed by atoms with Gasteiger partial charge in [-0.1, -0.05) is 65.7 Å². The summed E-state index contributed by atoms with van der Waals surface area (Å²) < 4.78 is 0. The van der Waals surface area contributed by atoms with Gasteiger partial charge in [-0.25, -0.2) is 9.96 Å². The molecule has 0 spiro atoms. The van der Waals surface area contributed by atoms with Crippen LogP contribution in [0.3, 0.4) is 0 Å². The summed E-state index contributed by atoms with van der Waals surface area (Å²) in [5, 5.41) is 2.63. The van der Waals surface area contributed by atoms with Crippen LogP contribution in [0.25, 0.3) is 0 Å². The number of carbonyl (C=O) groups excluding carboxylic acids is 2. The zero-order valence-electron chi connectivity index (χ0n) is 16.5. The second kappa shape index (κ2) is 7.68. The minimum Gasteiger partial charge on any atom is -0.273 e. The largest absolute Gasteiger partial charge is 0.273 e. The highest BCUT2D eigenvalue weighted by Gasteiger charge is 2.60. The van der Waals surface area contributed by atoms with E-state index in [1.165, 1.54) is 4.90 Å². The number of benzene rings is 3. The number of hydrogen-bond donors (Lipinski definition) is 0. The number of fused-ring (bicyclic) bond motifs is 1. The molecule has 3 aromatic carbocycles. The number of halogens is 2. The number of para-hydroxylation sites is 1. The number of rotatable bonds is 3. The van der Waals surface area contributed by atoms with Gasteiger partial charge in [0.2, 0.25) is 5.91 Å². The van der Waals surface area contributed by atoms with Crippen LogP contribution in [0, 0.1) is 12.8 Å². The summed E-state index contributed by atoms with van der Waals surface area (Å²) in [5.41, 5.74) is 2.61. The average molecular weight is 453 g/mol. The van der Waals surface area contributed by atoms with Crippen LogP contribution in [-0.2, 0) is 14.4 Å². The van der Waals surface area contributed by atoms with Crippen molar-refractivity contribution in [2.24, 2.45) is 5.92 Å². The molecule has 156 valence electrons. The lowest BCUT2D eigenvalue weighted by Gasteiger charge is -2.29. The minimum absolute atomic E-state index is 0.330. The first-order valence-corrected chi connectivity index (χ1v) is 10.6. The van der Waals surface area contributed by atoms with E-state index in [0.717, 1.165) is 11.3 Å². The fourth-order valence-corrected chi connectivity index (χ4v) is 4.74. The second-order valence-electron chi connectivity index (χ2n) is 7.58. The summed E-state index contributed by atoms with van der Waals surface area (Å²) in [6.07, 6.45) is -0.952. The Kier molecular flexibility index (Phi) is 4.97. The number of amides is 2. The molecule has 2 fully saturated rings. The van der Waals surface area contributed by atoms with Gasteiger partial charge in [-0.3, -0.25) is 14.4 Å². The molecule has 0 bridgehead atoms. The molecular weight excluding hydrogens is 435 g/mol. The highest BCUT2D eigenvalue weighted by molar-refractivity contribution is 6.33. The maximum atomic E-state index is 13.6. The van der Waals surface area contributed by atoms with Crippen molar-refractivity contribution in [1.29, 1.82) is 0 Å². The lowest BCUT2D eigenvalue weighted by molar-refractivity contribution is -0.126. The van der Waals surface area contributed by atoms with Crippen LogP contribution < -0.4 is 9.96 Å². The third kappa shape index (κ3) is 3.12. The molecule has 0 aromatic heterocycles. The van der Waals surface area contributed by atoms with Gasteiger partial charge in [-0.15, -0.1) is 0 Å². The quantitative estimate of drug-likeness (QED) is 0.502. The van der Waals surface area contributed by atoms with Crippen molar-refractivity contribution < 1.29 is 14.4 Å².